The van der Waals surface area contributed by atoms with Crippen molar-refractivity contribution in [2.75, 3.05) is 0 Å². The zero-order valence-electron chi connectivity index (χ0n) is 7.31. The second-order valence-electron chi connectivity index (χ2n) is 2.76. The van der Waals surface area contributed by atoms with E-state index in [2.05, 4.69) is 4.74 Å². The Bertz CT molecular complexity index is 294. The van der Waals surface area contributed by atoms with Gasteiger partial charge in [0.2, 0.25) is 0 Å². The molecule has 0 heterocycles. The molecule has 0 bridgehead atoms. The molecule has 14 heavy (non-hydrogen) atoms. The zero-order valence-corrected chi connectivity index (χ0v) is 8.06. The topological polar surface area (TPSA) is 9.23 Å². The van der Waals surface area contributed by atoms with Crippen LogP contribution in [0.5, 0.6) is 0 Å². The van der Waals surface area contributed by atoms with Gasteiger partial charge in [-0.2, -0.15) is 0 Å². The lowest BCUT2D eigenvalue weighted by atomic mass is 10.1. The summed E-state index contributed by atoms with van der Waals surface area (Å²) in [6.07, 6.45) is -5.63. The van der Waals surface area contributed by atoms with Gasteiger partial charge in [-0.25, -0.2) is 0 Å². The maximum Gasteiger partial charge on any atom is 0.523 e. The number of halogens is 4. The van der Waals surface area contributed by atoms with Crippen LogP contribution >= 0.6 is 11.6 Å². The minimum Gasteiger partial charge on any atom is -0.284 e. The monoisotopic (exact) mass is 224 g/mol. The van der Waals surface area contributed by atoms with Crippen LogP contribution in [0, 0.1) is 0 Å². The third kappa shape index (κ3) is 3.55. The molecule has 78 valence electrons. The van der Waals surface area contributed by atoms with E-state index in [0.717, 1.165) is 0 Å². The molecule has 0 fully saturated rings. The van der Waals surface area contributed by atoms with Crippen molar-refractivity contribution >= 4 is 11.6 Å². The molecule has 0 amide bonds. The van der Waals surface area contributed by atoms with Crippen molar-refractivity contribution in [2.45, 2.75) is 19.4 Å². The van der Waals surface area contributed by atoms with Gasteiger partial charge in [0.25, 0.3) is 0 Å². The minimum atomic E-state index is -4.61. The van der Waals surface area contributed by atoms with Crippen LogP contribution in [0.2, 0.25) is 5.02 Å². The first-order valence-corrected chi connectivity index (χ1v) is 4.26. The van der Waals surface area contributed by atoms with E-state index in [1.54, 1.807) is 0 Å². The first-order valence-electron chi connectivity index (χ1n) is 3.88. The van der Waals surface area contributed by atoms with Crippen molar-refractivity contribution in [3.8, 4) is 0 Å². The van der Waals surface area contributed by atoms with E-state index in [4.69, 9.17) is 11.6 Å². The van der Waals surface area contributed by atoms with Gasteiger partial charge in [0.15, 0.2) is 0 Å². The molecule has 1 atom stereocenters. The number of rotatable bonds is 2. The van der Waals surface area contributed by atoms with E-state index >= 15 is 0 Å². The summed E-state index contributed by atoms with van der Waals surface area (Å²) in [6.45, 7) is 1.33. The average Bonchev–Trinajstić information content (AvgIpc) is 2.02. The van der Waals surface area contributed by atoms with Crippen LogP contribution in [-0.4, -0.2) is 6.36 Å². The summed E-state index contributed by atoms with van der Waals surface area (Å²) >= 11 is 5.59. The smallest absolute Gasteiger partial charge is 0.284 e. The summed E-state index contributed by atoms with van der Waals surface area (Å²) < 4.78 is 39.3. The van der Waals surface area contributed by atoms with E-state index in [0.29, 0.717) is 10.6 Å². The predicted octanol–water partition coefficient (Wildman–Crippen LogP) is 3.94. The normalized spacial score (nSPS) is 14.1. The molecule has 0 saturated carbocycles. The largest absolute Gasteiger partial charge is 0.523 e. The highest BCUT2D eigenvalue weighted by atomic mass is 35.5. The van der Waals surface area contributed by atoms with Crippen molar-refractivity contribution in [2.24, 2.45) is 0 Å². The molecule has 5 heteroatoms. The highest BCUT2D eigenvalue weighted by Crippen LogP contribution is 2.27. The van der Waals surface area contributed by atoms with Crippen LogP contribution < -0.4 is 0 Å². The summed E-state index contributed by atoms with van der Waals surface area (Å²) in [5, 5.41) is 0.480. The molecule has 0 spiro atoms. The van der Waals surface area contributed by atoms with Gasteiger partial charge in [-0.3, -0.25) is 4.74 Å². The first kappa shape index (κ1) is 11.3. The summed E-state index contributed by atoms with van der Waals surface area (Å²) in [6, 6.07) is 6.04. The maximum absolute atomic E-state index is 11.8. The standard InChI is InChI=1S/C9H8ClF3O/c1-6(14-9(11,12)13)7-2-4-8(10)5-3-7/h2-6H,1H3. The van der Waals surface area contributed by atoms with Crippen molar-refractivity contribution in [3.05, 3.63) is 34.9 Å². The fraction of sp³-hybridized carbons (Fsp3) is 0.333. The lowest BCUT2D eigenvalue weighted by Gasteiger charge is -2.15. The van der Waals surface area contributed by atoms with Gasteiger partial charge in [-0.1, -0.05) is 23.7 Å². The summed E-state index contributed by atoms with van der Waals surface area (Å²) in [5.74, 6) is 0. The van der Waals surface area contributed by atoms with Gasteiger partial charge in [0, 0.05) is 5.02 Å². The Labute approximate surface area is 84.4 Å². The van der Waals surface area contributed by atoms with Gasteiger partial charge >= 0.3 is 6.36 Å². The lowest BCUT2D eigenvalue weighted by Crippen LogP contribution is -2.16. The van der Waals surface area contributed by atoms with Crippen LogP contribution in [0.3, 0.4) is 0 Å². The number of ether oxygens (including phenoxy) is 1. The van der Waals surface area contributed by atoms with Gasteiger partial charge in [-0.05, 0) is 24.6 Å². The fourth-order valence-electron chi connectivity index (χ4n) is 1.00. The van der Waals surface area contributed by atoms with Gasteiger partial charge in [0.05, 0.1) is 6.10 Å². The number of hydrogen-bond acceptors (Lipinski definition) is 1. The van der Waals surface area contributed by atoms with E-state index in [-0.39, 0.29) is 0 Å². The fourth-order valence-corrected chi connectivity index (χ4v) is 1.13. The molecule has 0 aliphatic rings. The van der Waals surface area contributed by atoms with Crippen molar-refractivity contribution in [1.29, 1.82) is 0 Å². The van der Waals surface area contributed by atoms with E-state index in [9.17, 15) is 13.2 Å². The Balaban J connectivity index is 2.70. The minimum absolute atomic E-state index is 0.437. The third-order valence-electron chi connectivity index (χ3n) is 1.65. The Morgan fingerprint density at radius 3 is 2.14 bits per heavy atom. The van der Waals surface area contributed by atoms with E-state index in [1.165, 1.54) is 31.2 Å². The molecule has 0 saturated heterocycles. The van der Waals surface area contributed by atoms with Gasteiger partial charge in [0.1, 0.15) is 0 Å². The molecule has 1 unspecified atom stereocenters. The predicted molar refractivity (Wildman–Crippen MR) is 47.0 cm³/mol. The Morgan fingerprint density at radius 2 is 1.71 bits per heavy atom. The maximum atomic E-state index is 11.8. The van der Waals surface area contributed by atoms with E-state index < -0.39 is 12.5 Å². The molecular formula is C9H8ClF3O. The van der Waals surface area contributed by atoms with Crippen LogP contribution in [0.4, 0.5) is 13.2 Å². The molecule has 1 rings (SSSR count). The van der Waals surface area contributed by atoms with Crippen molar-refractivity contribution < 1.29 is 17.9 Å². The highest BCUT2D eigenvalue weighted by molar-refractivity contribution is 6.30. The molecule has 1 nitrogen and oxygen atoms in total. The van der Waals surface area contributed by atoms with Gasteiger partial charge < -0.3 is 0 Å². The van der Waals surface area contributed by atoms with Crippen LogP contribution in [0.15, 0.2) is 24.3 Å². The van der Waals surface area contributed by atoms with Crippen LogP contribution in [-0.2, 0) is 4.74 Å². The molecule has 1 aromatic rings. The Kier molecular flexibility index (Phi) is 3.39. The molecule has 1 aromatic carbocycles. The second kappa shape index (κ2) is 4.19. The van der Waals surface area contributed by atoms with Crippen molar-refractivity contribution in [3.63, 3.8) is 0 Å². The summed E-state index contributed by atoms with van der Waals surface area (Å²) in [7, 11) is 0. The second-order valence-corrected chi connectivity index (χ2v) is 3.19. The molecule has 0 N–H and O–H groups in total. The Hall–Kier alpha value is -0.740. The quantitative estimate of drug-likeness (QED) is 0.739. The van der Waals surface area contributed by atoms with Crippen molar-refractivity contribution in [1.82, 2.24) is 0 Å². The average molecular weight is 225 g/mol. The SMILES string of the molecule is CC(OC(F)(F)F)c1ccc(Cl)cc1. The number of alkyl halides is 3. The lowest BCUT2D eigenvalue weighted by molar-refractivity contribution is -0.342. The van der Waals surface area contributed by atoms with Crippen LogP contribution in [0.25, 0.3) is 0 Å². The first-order chi connectivity index (χ1) is 6.38. The summed E-state index contributed by atoms with van der Waals surface area (Å²) in [4.78, 5) is 0. The van der Waals surface area contributed by atoms with Crippen LogP contribution in [0.1, 0.15) is 18.6 Å². The summed E-state index contributed by atoms with van der Waals surface area (Å²) in [5.41, 5.74) is 0.437. The number of benzene rings is 1. The van der Waals surface area contributed by atoms with E-state index in [1.807, 2.05) is 0 Å². The molecule has 0 aliphatic carbocycles. The highest BCUT2D eigenvalue weighted by Gasteiger charge is 2.32. The Morgan fingerprint density at radius 1 is 1.21 bits per heavy atom. The molecule has 0 radical (unpaired) electrons. The molecule has 0 aliphatic heterocycles. The zero-order chi connectivity index (χ0) is 10.8. The van der Waals surface area contributed by atoms with Gasteiger partial charge in [-0.15, -0.1) is 13.2 Å². The molecule has 0 aromatic heterocycles. The third-order valence-corrected chi connectivity index (χ3v) is 1.90. The molecular weight excluding hydrogens is 217 g/mol. The number of hydrogen-bond donors (Lipinski definition) is 0.